The summed E-state index contributed by atoms with van der Waals surface area (Å²) in [6, 6.07) is 9.69. The quantitative estimate of drug-likeness (QED) is 0.428. The van der Waals surface area contributed by atoms with E-state index in [0.717, 1.165) is 12.3 Å². The summed E-state index contributed by atoms with van der Waals surface area (Å²) in [5.74, 6) is 0.158. The molecule has 0 spiro atoms. The molecule has 0 aliphatic rings. The lowest BCUT2D eigenvalue weighted by atomic mass is 10.1. The smallest absolute Gasteiger partial charge is 0.392 e. The summed E-state index contributed by atoms with van der Waals surface area (Å²) >= 11 is 0. The minimum absolute atomic E-state index is 0.0731. The van der Waals surface area contributed by atoms with Crippen LogP contribution in [0.5, 0.6) is 0 Å². The van der Waals surface area contributed by atoms with E-state index in [1.807, 2.05) is 0 Å². The van der Waals surface area contributed by atoms with Gasteiger partial charge in [-0.1, -0.05) is 0 Å². The van der Waals surface area contributed by atoms with E-state index in [0.29, 0.717) is 27.9 Å². The van der Waals surface area contributed by atoms with Crippen LogP contribution in [0.1, 0.15) is 46.0 Å². The van der Waals surface area contributed by atoms with Gasteiger partial charge in [0.05, 0.1) is 36.0 Å². The van der Waals surface area contributed by atoms with Crippen LogP contribution in [0.4, 0.5) is 19.0 Å². The standard InChI is InChI=1S/C24H21F3N6O2/c1-14(22-29-7-2-8-30-22)33(12-19-5-4-18(11-31-19)24(25,26)27)23(35)15-3-6-20-16(9-15)10-17(13-34)21(28)32-20/h2-11,14,34H,12-13H2,1H3,(H2,28,32). The lowest BCUT2D eigenvalue weighted by Gasteiger charge is -2.28. The monoisotopic (exact) mass is 482 g/mol. The van der Waals surface area contributed by atoms with Crippen molar-refractivity contribution in [3.05, 3.63) is 89.3 Å². The fraction of sp³-hybridized carbons (Fsp3) is 0.208. The van der Waals surface area contributed by atoms with Gasteiger partial charge in [0.25, 0.3) is 5.91 Å². The van der Waals surface area contributed by atoms with Crippen LogP contribution in [0.15, 0.2) is 61.1 Å². The summed E-state index contributed by atoms with van der Waals surface area (Å²) in [5.41, 5.74) is 6.51. The highest BCUT2D eigenvalue weighted by Crippen LogP contribution is 2.29. The van der Waals surface area contributed by atoms with E-state index in [9.17, 15) is 23.1 Å². The third kappa shape index (κ3) is 5.19. The molecule has 4 rings (SSSR count). The number of hydrogen-bond donors (Lipinski definition) is 2. The van der Waals surface area contributed by atoms with Crippen LogP contribution in [-0.4, -0.2) is 35.8 Å². The van der Waals surface area contributed by atoms with E-state index in [-0.39, 0.29) is 24.7 Å². The van der Waals surface area contributed by atoms with Crippen molar-refractivity contribution in [2.75, 3.05) is 5.73 Å². The third-order valence-electron chi connectivity index (χ3n) is 5.52. The Hall–Kier alpha value is -4.12. The van der Waals surface area contributed by atoms with Crippen molar-refractivity contribution in [3.63, 3.8) is 0 Å². The molecule has 3 aromatic heterocycles. The van der Waals surface area contributed by atoms with Gasteiger partial charge in [-0.3, -0.25) is 9.78 Å². The summed E-state index contributed by atoms with van der Waals surface area (Å²) in [5, 5.41) is 10.1. The van der Waals surface area contributed by atoms with E-state index in [1.54, 1.807) is 49.6 Å². The molecule has 0 radical (unpaired) electrons. The third-order valence-corrected chi connectivity index (χ3v) is 5.52. The zero-order chi connectivity index (χ0) is 25.2. The van der Waals surface area contributed by atoms with Crippen molar-refractivity contribution in [1.29, 1.82) is 0 Å². The number of benzene rings is 1. The molecule has 1 unspecified atom stereocenters. The Morgan fingerprint density at radius 1 is 1.11 bits per heavy atom. The molecule has 0 aliphatic heterocycles. The number of carbonyl (C=O) groups excluding carboxylic acids is 1. The van der Waals surface area contributed by atoms with Gasteiger partial charge in [0.1, 0.15) is 11.6 Å². The zero-order valence-corrected chi connectivity index (χ0v) is 18.6. The second-order valence-corrected chi connectivity index (χ2v) is 7.85. The van der Waals surface area contributed by atoms with Crippen molar-refractivity contribution >= 4 is 22.6 Å². The summed E-state index contributed by atoms with van der Waals surface area (Å²) in [6.07, 6.45) is -0.687. The number of aliphatic hydroxyl groups is 1. The van der Waals surface area contributed by atoms with Crippen molar-refractivity contribution < 1.29 is 23.1 Å². The Labute approximate surface area is 198 Å². The van der Waals surface area contributed by atoms with Crippen LogP contribution in [0.2, 0.25) is 0 Å². The highest BCUT2D eigenvalue weighted by atomic mass is 19.4. The van der Waals surface area contributed by atoms with E-state index in [2.05, 4.69) is 19.9 Å². The molecule has 3 N–H and O–H groups in total. The minimum atomic E-state index is -4.51. The number of nitrogens with zero attached hydrogens (tertiary/aromatic N) is 5. The number of anilines is 1. The number of nitrogens with two attached hydrogens (primary N) is 1. The lowest BCUT2D eigenvalue weighted by molar-refractivity contribution is -0.137. The minimum Gasteiger partial charge on any atom is -0.392 e. The average Bonchev–Trinajstić information content (AvgIpc) is 2.86. The first-order valence-corrected chi connectivity index (χ1v) is 10.6. The van der Waals surface area contributed by atoms with Crippen LogP contribution in [0, 0.1) is 0 Å². The number of aromatic nitrogens is 4. The van der Waals surface area contributed by atoms with Gasteiger partial charge in [-0.2, -0.15) is 13.2 Å². The fourth-order valence-corrected chi connectivity index (χ4v) is 3.57. The van der Waals surface area contributed by atoms with Crippen LogP contribution in [-0.2, 0) is 19.3 Å². The number of hydrogen-bond acceptors (Lipinski definition) is 7. The van der Waals surface area contributed by atoms with Gasteiger partial charge in [0.2, 0.25) is 0 Å². The molecule has 180 valence electrons. The van der Waals surface area contributed by atoms with Gasteiger partial charge in [0, 0.05) is 35.1 Å². The lowest BCUT2D eigenvalue weighted by Crippen LogP contribution is -2.34. The van der Waals surface area contributed by atoms with E-state index in [1.165, 1.54) is 11.0 Å². The molecule has 3 heterocycles. The number of aliphatic hydroxyl groups excluding tert-OH is 1. The predicted molar refractivity (Wildman–Crippen MR) is 122 cm³/mol. The van der Waals surface area contributed by atoms with Crippen molar-refractivity contribution in [2.24, 2.45) is 0 Å². The first-order valence-electron chi connectivity index (χ1n) is 10.6. The van der Waals surface area contributed by atoms with Crippen LogP contribution in [0.25, 0.3) is 10.9 Å². The Balaban J connectivity index is 1.71. The van der Waals surface area contributed by atoms with Crippen LogP contribution >= 0.6 is 0 Å². The van der Waals surface area contributed by atoms with Crippen LogP contribution in [0.3, 0.4) is 0 Å². The van der Waals surface area contributed by atoms with Crippen molar-refractivity contribution in [3.8, 4) is 0 Å². The molecular weight excluding hydrogens is 461 g/mol. The number of alkyl halides is 3. The highest BCUT2D eigenvalue weighted by Gasteiger charge is 2.31. The average molecular weight is 482 g/mol. The molecule has 35 heavy (non-hydrogen) atoms. The topological polar surface area (TPSA) is 118 Å². The van der Waals surface area contributed by atoms with Gasteiger partial charge >= 0.3 is 6.18 Å². The molecule has 1 atom stereocenters. The van der Waals surface area contributed by atoms with Gasteiger partial charge in [0.15, 0.2) is 0 Å². The normalized spacial score (nSPS) is 12.5. The molecule has 0 bridgehead atoms. The first kappa shape index (κ1) is 24.0. The summed E-state index contributed by atoms with van der Waals surface area (Å²) < 4.78 is 38.8. The largest absolute Gasteiger partial charge is 0.417 e. The van der Waals surface area contributed by atoms with Gasteiger partial charge < -0.3 is 15.7 Å². The summed E-state index contributed by atoms with van der Waals surface area (Å²) in [6.45, 7) is 1.35. The maximum Gasteiger partial charge on any atom is 0.417 e. The molecule has 0 aliphatic carbocycles. The number of fused-ring (bicyclic) bond motifs is 1. The molecule has 11 heteroatoms. The number of carbonyl (C=O) groups is 1. The van der Waals surface area contributed by atoms with E-state index < -0.39 is 23.7 Å². The number of nitrogen functional groups attached to an aromatic ring is 1. The maximum absolute atomic E-state index is 13.6. The second-order valence-electron chi connectivity index (χ2n) is 7.85. The SMILES string of the molecule is CC(c1ncccn1)N(Cc1ccc(C(F)(F)F)cn1)C(=O)c1ccc2nc(N)c(CO)cc2c1. The Kier molecular flexibility index (Phi) is 6.61. The number of halogens is 3. The molecule has 1 amide bonds. The molecule has 4 aromatic rings. The molecule has 1 aromatic carbocycles. The van der Waals surface area contributed by atoms with Gasteiger partial charge in [-0.15, -0.1) is 0 Å². The van der Waals surface area contributed by atoms with Crippen molar-refractivity contribution in [1.82, 2.24) is 24.8 Å². The maximum atomic E-state index is 13.6. The van der Waals surface area contributed by atoms with E-state index >= 15 is 0 Å². The summed E-state index contributed by atoms with van der Waals surface area (Å²) in [4.78, 5) is 31.7. The Morgan fingerprint density at radius 3 is 2.49 bits per heavy atom. The summed E-state index contributed by atoms with van der Waals surface area (Å²) in [7, 11) is 0. The molecular formula is C24H21F3N6O2. The Bertz CT molecular complexity index is 1350. The number of amides is 1. The number of pyridine rings is 2. The second kappa shape index (κ2) is 9.63. The number of rotatable bonds is 6. The predicted octanol–water partition coefficient (Wildman–Crippen LogP) is 3.92. The fourth-order valence-electron chi connectivity index (χ4n) is 3.57. The highest BCUT2D eigenvalue weighted by molar-refractivity contribution is 5.98. The van der Waals surface area contributed by atoms with Gasteiger partial charge in [-0.25, -0.2) is 15.0 Å². The Morgan fingerprint density at radius 2 is 1.86 bits per heavy atom. The van der Waals surface area contributed by atoms with Gasteiger partial charge in [-0.05, 0) is 49.4 Å². The molecule has 0 fully saturated rings. The molecule has 0 saturated heterocycles. The van der Waals surface area contributed by atoms with Crippen LogP contribution < -0.4 is 5.73 Å². The van der Waals surface area contributed by atoms with Crippen molar-refractivity contribution in [2.45, 2.75) is 32.3 Å². The first-order chi connectivity index (χ1) is 16.7. The molecule has 8 nitrogen and oxygen atoms in total. The zero-order valence-electron chi connectivity index (χ0n) is 18.6. The van der Waals surface area contributed by atoms with E-state index in [4.69, 9.17) is 5.73 Å². The molecule has 0 saturated carbocycles.